The van der Waals surface area contributed by atoms with Crippen LogP contribution in [0.25, 0.3) is 17.2 Å². The number of hydrogen-bond acceptors (Lipinski definition) is 4. The standard InChI is InChI=1S/C23H20ClNO4S/c1-30(27,28)29-16-18-4-2-17(3-5-18)6-15-23(26)25-22-13-9-20(10-14-22)19-7-11-21(24)12-8-19/h2-15H,16H2,1H3,(H,25,26). The summed E-state index contributed by atoms with van der Waals surface area (Å²) in [6.07, 6.45) is 4.13. The fraction of sp³-hybridized carbons (Fsp3) is 0.0870. The fourth-order valence-corrected chi connectivity index (χ4v) is 3.12. The van der Waals surface area contributed by atoms with Crippen LogP contribution in [-0.2, 0) is 25.7 Å². The lowest BCUT2D eigenvalue weighted by molar-refractivity contribution is -0.111. The van der Waals surface area contributed by atoms with Crippen LogP contribution in [0.2, 0.25) is 5.02 Å². The summed E-state index contributed by atoms with van der Waals surface area (Å²) in [5, 5.41) is 3.50. The Bertz CT molecular complexity index is 1140. The zero-order chi connectivity index (χ0) is 21.6. The summed E-state index contributed by atoms with van der Waals surface area (Å²) in [7, 11) is -3.48. The number of anilines is 1. The van der Waals surface area contributed by atoms with Gasteiger partial charge >= 0.3 is 0 Å². The topological polar surface area (TPSA) is 72.5 Å². The molecule has 154 valence electrons. The predicted molar refractivity (Wildman–Crippen MR) is 121 cm³/mol. The van der Waals surface area contributed by atoms with Gasteiger partial charge in [0.05, 0.1) is 12.9 Å². The van der Waals surface area contributed by atoms with Crippen molar-refractivity contribution in [3.63, 3.8) is 0 Å². The second-order valence-corrected chi connectivity index (χ2v) is 8.70. The zero-order valence-corrected chi connectivity index (χ0v) is 17.8. The van der Waals surface area contributed by atoms with Gasteiger partial charge in [0, 0.05) is 16.8 Å². The summed E-state index contributed by atoms with van der Waals surface area (Å²) in [5.41, 5.74) is 4.30. The maximum atomic E-state index is 12.2. The monoisotopic (exact) mass is 441 g/mol. The summed E-state index contributed by atoms with van der Waals surface area (Å²) in [5.74, 6) is -0.251. The van der Waals surface area contributed by atoms with Crippen LogP contribution >= 0.6 is 11.6 Å². The SMILES string of the molecule is CS(=O)(=O)OCc1ccc(C=CC(=O)Nc2ccc(-c3ccc(Cl)cc3)cc2)cc1. The van der Waals surface area contributed by atoms with Gasteiger partial charge in [-0.05, 0) is 52.6 Å². The summed E-state index contributed by atoms with van der Waals surface area (Å²) in [6, 6.07) is 22.2. The molecule has 0 fully saturated rings. The van der Waals surface area contributed by atoms with Gasteiger partial charge in [-0.1, -0.05) is 60.1 Å². The van der Waals surface area contributed by atoms with Crippen molar-refractivity contribution in [2.75, 3.05) is 11.6 Å². The predicted octanol–water partition coefficient (Wildman–Crippen LogP) is 5.14. The highest BCUT2D eigenvalue weighted by atomic mass is 35.5. The smallest absolute Gasteiger partial charge is 0.264 e. The van der Waals surface area contributed by atoms with Gasteiger partial charge in [-0.3, -0.25) is 8.98 Å². The second kappa shape index (κ2) is 9.71. The second-order valence-electron chi connectivity index (χ2n) is 6.61. The molecule has 7 heteroatoms. The minimum Gasteiger partial charge on any atom is -0.323 e. The van der Waals surface area contributed by atoms with Crippen LogP contribution in [0.3, 0.4) is 0 Å². The molecule has 0 aliphatic rings. The molecular formula is C23H20ClNO4S. The van der Waals surface area contributed by atoms with E-state index in [1.807, 2.05) is 48.5 Å². The Morgan fingerprint density at radius 2 is 1.50 bits per heavy atom. The number of rotatable bonds is 7. The first-order chi connectivity index (χ1) is 14.3. The third kappa shape index (κ3) is 6.84. The highest BCUT2D eigenvalue weighted by molar-refractivity contribution is 7.85. The van der Waals surface area contributed by atoms with Gasteiger partial charge in [0.15, 0.2) is 0 Å². The van der Waals surface area contributed by atoms with E-state index in [2.05, 4.69) is 5.32 Å². The van der Waals surface area contributed by atoms with Gasteiger partial charge in [0.1, 0.15) is 0 Å². The highest BCUT2D eigenvalue weighted by Gasteiger charge is 2.03. The van der Waals surface area contributed by atoms with E-state index >= 15 is 0 Å². The molecule has 30 heavy (non-hydrogen) atoms. The molecular weight excluding hydrogens is 422 g/mol. The van der Waals surface area contributed by atoms with Crippen LogP contribution in [0.4, 0.5) is 5.69 Å². The lowest BCUT2D eigenvalue weighted by Crippen LogP contribution is -2.07. The molecule has 1 N–H and O–H groups in total. The average Bonchev–Trinajstić information content (AvgIpc) is 2.72. The van der Waals surface area contributed by atoms with Crippen molar-refractivity contribution in [3.8, 4) is 11.1 Å². The molecule has 0 saturated carbocycles. The van der Waals surface area contributed by atoms with E-state index < -0.39 is 10.1 Å². The van der Waals surface area contributed by atoms with E-state index in [0.717, 1.165) is 28.5 Å². The molecule has 5 nitrogen and oxygen atoms in total. The van der Waals surface area contributed by atoms with Crippen LogP contribution in [0.5, 0.6) is 0 Å². The van der Waals surface area contributed by atoms with E-state index in [0.29, 0.717) is 10.7 Å². The van der Waals surface area contributed by atoms with Crippen molar-refractivity contribution in [2.45, 2.75) is 6.61 Å². The number of nitrogens with one attached hydrogen (secondary N) is 1. The van der Waals surface area contributed by atoms with Crippen LogP contribution in [0, 0.1) is 0 Å². The van der Waals surface area contributed by atoms with Gasteiger partial charge in [0.25, 0.3) is 10.1 Å². The van der Waals surface area contributed by atoms with Gasteiger partial charge in [-0.25, -0.2) is 0 Å². The average molecular weight is 442 g/mol. The molecule has 0 aromatic heterocycles. The first kappa shape index (κ1) is 21.8. The van der Waals surface area contributed by atoms with Crippen LogP contribution in [0.1, 0.15) is 11.1 Å². The Balaban J connectivity index is 1.56. The Hall–Kier alpha value is -2.93. The Morgan fingerprint density at radius 1 is 0.933 bits per heavy atom. The number of carbonyl (C=O) groups is 1. The van der Waals surface area contributed by atoms with Crippen molar-refractivity contribution in [1.29, 1.82) is 0 Å². The number of benzene rings is 3. The van der Waals surface area contributed by atoms with Crippen LogP contribution in [-0.4, -0.2) is 20.6 Å². The molecule has 3 aromatic carbocycles. The molecule has 0 saturated heterocycles. The molecule has 3 aromatic rings. The van der Waals surface area contributed by atoms with Gasteiger partial charge < -0.3 is 5.32 Å². The molecule has 0 bridgehead atoms. The minimum absolute atomic E-state index is 0.0185. The molecule has 0 heterocycles. The van der Waals surface area contributed by atoms with E-state index in [4.69, 9.17) is 15.8 Å². The molecule has 0 spiro atoms. The quantitative estimate of drug-likeness (QED) is 0.407. The Kier molecular flexibility index (Phi) is 7.05. The first-order valence-electron chi connectivity index (χ1n) is 9.07. The maximum Gasteiger partial charge on any atom is 0.264 e. The Morgan fingerprint density at radius 3 is 2.07 bits per heavy atom. The third-order valence-corrected chi connectivity index (χ3v) is 4.97. The first-order valence-corrected chi connectivity index (χ1v) is 11.3. The van der Waals surface area contributed by atoms with Crippen molar-refractivity contribution in [2.24, 2.45) is 0 Å². The molecule has 0 aliphatic heterocycles. The minimum atomic E-state index is -3.48. The van der Waals surface area contributed by atoms with Crippen molar-refractivity contribution >= 4 is 39.4 Å². The largest absolute Gasteiger partial charge is 0.323 e. The number of amides is 1. The molecule has 1 amide bonds. The van der Waals surface area contributed by atoms with Gasteiger partial charge in [0.2, 0.25) is 5.91 Å². The van der Waals surface area contributed by atoms with Gasteiger partial charge in [-0.15, -0.1) is 0 Å². The van der Waals surface area contributed by atoms with E-state index in [1.54, 1.807) is 30.3 Å². The lowest BCUT2D eigenvalue weighted by atomic mass is 10.1. The number of carbonyl (C=O) groups excluding carboxylic acids is 1. The maximum absolute atomic E-state index is 12.2. The summed E-state index contributed by atoms with van der Waals surface area (Å²) >= 11 is 5.91. The number of hydrogen-bond donors (Lipinski definition) is 1. The van der Waals surface area contributed by atoms with Gasteiger partial charge in [-0.2, -0.15) is 8.42 Å². The van der Waals surface area contributed by atoms with Crippen molar-refractivity contribution in [3.05, 3.63) is 95.0 Å². The molecule has 0 atom stereocenters. The fourth-order valence-electron chi connectivity index (χ4n) is 2.64. The normalized spacial score (nSPS) is 11.5. The van der Waals surface area contributed by atoms with Crippen LogP contribution < -0.4 is 5.32 Å². The van der Waals surface area contributed by atoms with E-state index in [1.165, 1.54) is 6.08 Å². The highest BCUT2D eigenvalue weighted by Crippen LogP contribution is 2.23. The zero-order valence-electron chi connectivity index (χ0n) is 16.2. The molecule has 0 radical (unpaired) electrons. The summed E-state index contributed by atoms with van der Waals surface area (Å²) in [6.45, 7) is -0.0185. The molecule has 3 rings (SSSR count). The summed E-state index contributed by atoms with van der Waals surface area (Å²) < 4.78 is 26.8. The third-order valence-electron chi connectivity index (χ3n) is 4.18. The summed E-state index contributed by atoms with van der Waals surface area (Å²) in [4.78, 5) is 12.2. The lowest BCUT2D eigenvalue weighted by Gasteiger charge is -2.05. The molecule has 0 unspecified atom stereocenters. The number of halogens is 1. The van der Waals surface area contributed by atoms with E-state index in [-0.39, 0.29) is 12.5 Å². The van der Waals surface area contributed by atoms with E-state index in [9.17, 15) is 13.2 Å². The Labute approximate surface area is 181 Å². The van der Waals surface area contributed by atoms with Crippen molar-refractivity contribution in [1.82, 2.24) is 0 Å². The molecule has 0 aliphatic carbocycles. The van der Waals surface area contributed by atoms with Crippen molar-refractivity contribution < 1.29 is 17.4 Å². The van der Waals surface area contributed by atoms with Crippen LogP contribution in [0.15, 0.2) is 78.9 Å².